The van der Waals surface area contributed by atoms with Crippen LogP contribution < -0.4 is 14.8 Å². The van der Waals surface area contributed by atoms with Crippen LogP contribution in [0.2, 0.25) is 0 Å². The Balaban J connectivity index is 1.14. The Morgan fingerprint density at radius 1 is 1.03 bits per heavy atom. The minimum atomic E-state index is -0.442. The molecular weight excluding hydrogens is 480 g/mol. The number of hydrogen-bond acceptors (Lipinski definition) is 8. The van der Waals surface area contributed by atoms with Gasteiger partial charge in [0, 0.05) is 28.9 Å². The molecule has 2 aliphatic rings. The third-order valence-corrected chi connectivity index (χ3v) is 6.84. The van der Waals surface area contributed by atoms with Crippen molar-refractivity contribution in [3.05, 3.63) is 94.3 Å². The van der Waals surface area contributed by atoms with Crippen molar-refractivity contribution in [2.75, 3.05) is 6.79 Å². The number of aromatic nitrogens is 2. The van der Waals surface area contributed by atoms with Crippen molar-refractivity contribution in [3.8, 4) is 22.1 Å². The second-order valence-electron chi connectivity index (χ2n) is 8.21. The number of ether oxygens (including phenoxy) is 2. The van der Waals surface area contributed by atoms with E-state index in [0.29, 0.717) is 17.1 Å². The zero-order chi connectivity index (χ0) is 24.6. The summed E-state index contributed by atoms with van der Waals surface area (Å²) in [6.45, 7) is 0.466. The first-order chi connectivity index (χ1) is 17.6. The van der Waals surface area contributed by atoms with E-state index in [-0.39, 0.29) is 36.9 Å². The van der Waals surface area contributed by atoms with Gasteiger partial charge in [-0.05, 0) is 48.0 Å². The predicted molar refractivity (Wildman–Crippen MR) is 130 cm³/mol. The summed E-state index contributed by atoms with van der Waals surface area (Å²) in [6.07, 6.45) is 3.43. The lowest BCUT2D eigenvalue weighted by atomic mass is 10.1. The highest BCUT2D eigenvalue weighted by Crippen LogP contribution is 2.34. The van der Waals surface area contributed by atoms with Crippen LogP contribution in [0.25, 0.3) is 10.6 Å². The maximum atomic E-state index is 13.0. The van der Waals surface area contributed by atoms with Crippen molar-refractivity contribution in [2.45, 2.75) is 13.1 Å². The molecule has 0 bridgehead atoms. The SMILES string of the molecule is O=C(NCc1csc(-c2cccnc2)n1)c1ccc2c(c1)C(=O)N(Cc1ccc3c(c1)OCO3)C2=O. The number of hydrogen-bond donors (Lipinski definition) is 1. The van der Waals surface area contributed by atoms with E-state index in [1.165, 1.54) is 28.4 Å². The van der Waals surface area contributed by atoms with E-state index in [0.717, 1.165) is 21.8 Å². The molecule has 1 N–H and O–H groups in total. The van der Waals surface area contributed by atoms with Gasteiger partial charge in [-0.3, -0.25) is 24.3 Å². The number of benzene rings is 2. The van der Waals surface area contributed by atoms with Gasteiger partial charge in [0.2, 0.25) is 6.79 Å². The molecule has 4 aromatic rings. The standard InChI is InChI=1S/C26H18N4O5S/c31-23(28-11-18-13-36-24(29-18)17-2-1-7-27-10-17)16-4-5-19-20(9-16)26(33)30(25(19)32)12-15-3-6-21-22(8-15)35-14-34-21/h1-10,13H,11-12,14H2,(H,28,31). The van der Waals surface area contributed by atoms with Crippen LogP contribution in [0.5, 0.6) is 11.5 Å². The lowest BCUT2D eigenvalue weighted by Gasteiger charge is -2.14. The summed E-state index contributed by atoms with van der Waals surface area (Å²) >= 11 is 1.47. The molecule has 4 heterocycles. The van der Waals surface area contributed by atoms with Gasteiger partial charge >= 0.3 is 0 Å². The molecule has 10 heteroatoms. The molecule has 0 saturated carbocycles. The molecule has 36 heavy (non-hydrogen) atoms. The average Bonchev–Trinajstić information content (AvgIpc) is 3.63. The fraction of sp³-hybridized carbons (Fsp3) is 0.115. The molecule has 9 nitrogen and oxygen atoms in total. The number of nitrogens with zero attached hydrogens (tertiary/aromatic N) is 3. The molecule has 2 aromatic carbocycles. The lowest BCUT2D eigenvalue weighted by Crippen LogP contribution is -2.29. The zero-order valence-electron chi connectivity index (χ0n) is 18.8. The van der Waals surface area contributed by atoms with Gasteiger partial charge in [0.15, 0.2) is 11.5 Å². The largest absolute Gasteiger partial charge is 0.454 e. The Kier molecular flexibility index (Phi) is 5.42. The summed E-state index contributed by atoms with van der Waals surface area (Å²) in [6, 6.07) is 13.6. The summed E-state index contributed by atoms with van der Waals surface area (Å²) in [5.41, 5.74) is 3.14. The van der Waals surface area contributed by atoms with Crippen LogP contribution in [0.15, 0.2) is 66.3 Å². The monoisotopic (exact) mass is 498 g/mol. The van der Waals surface area contributed by atoms with Gasteiger partial charge in [0.1, 0.15) is 5.01 Å². The highest BCUT2D eigenvalue weighted by molar-refractivity contribution is 7.13. The summed E-state index contributed by atoms with van der Waals surface area (Å²) in [5, 5.41) is 5.52. The van der Waals surface area contributed by atoms with Gasteiger partial charge in [-0.25, -0.2) is 4.98 Å². The number of fused-ring (bicyclic) bond motifs is 2. The Morgan fingerprint density at radius 2 is 1.89 bits per heavy atom. The number of imide groups is 1. The molecule has 178 valence electrons. The van der Waals surface area contributed by atoms with Gasteiger partial charge in [-0.2, -0.15) is 0 Å². The molecule has 2 aromatic heterocycles. The molecule has 0 unspecified atom stereocenters. The Labute approximate surface area is 209 Å². The second-order valence-corrected chi connectivity index (χ2v) is 9.07. The topological polar surface area (TPSA) is 111 Å². The normalized spacial score (nSPS) is 13.7. The van der Waals surface area contributed by atoms with Crippen LogP contribution >= 0.6 is 11.3 Å². The number of rotatable bonds is 6. The summed E-state index contributed by atoms with van der Waals surface area (Å²) in [7, 11) is 0. The Hall–Kier alpha value is -4.57. The average molecular weight is 499 g/mol. The molecule has 0 fully saturated rings. The van der Waals surface area contributed by atoms with E-state index in [1.54, 1.807) is 36.7 Å². The van der Waals surface area contributed by atoms with E-state index >= 15 is 0 Å². The van der Waals surface area contributed by atoms with Gasteiger partial charge in [-0.1, -0.05) is 6.07 Å². The van der Waals surface area contributed by atoms with Crippen LogP contribution in [0.3, 0.4) is 0 Å². The van der Waals surface area contributed by atoms with E-state index < -0.39 is 11.8 Å². The number of thiazole rings is 1. The first kappa shape index (κ1) is 21.9. The number of carbonyl (C=O) groups is 3. The van der Waals surface area contributed by atoms with Crippen LogP contribution in [0.1, 0.15) is 42.3 Å². The Bertz CT molecular complexity index is 1520. The van der Waals surface area contributed by atoms with Crippen LogP contribution in [0.4, 0.5) is 0 Å². The van der Waals surface area contributed by atoms with Crippen molar-refractivity contribution < 1.29 is 23.9 Å². The molecule has 2 aliphatic heterocycles. The minimum absolute atomic E-state index is 0.0909. The molecule has 0 aliphatic carbocycles. The minimum Gasteiger partial charge on any atom is -0.454 e. The van der Waals surface area contributed by atoms with Gasteiger partial charge in [0.25, 0.3) is 17.7 Å². The highest BCUT2D eigenvalue weighted by Gasteiger charge is 2.36. The quantitative estimate of drug-likeness (QED) is 0.404. The van der Waals surface area contributed by atoms with Crippen molar-refractivity contribution >= 4 is 29.1 Å². The number of pyridine rings is 1. The van der Waals surface area contributed by atoms with Crippen LogP contribution in [0, 0.1) is 0 Å². The third kappa shape index (κ3) is 3.97. The summed E-state index contributed by atoms with van der Waals surface area (Å²) in [5.74, 6) is 0.00889. The molecular formula is C26H18N4O5S. The fourth-order valence-corrected chi connectivity index (χ4v) is 4.89. The summed E-state index contributed by atoms with van der Waals surface area (Å²) in [4.78, 5) is 48.5. The first-order valence-electron chi connectivity index (χ1n) is 11.1. The molecule has 0 radical (unpaired) electrons. The van der Waals surface area contributed by atoms with Gasteiger partial charge < -0.3 is 14.8 Å². The fourth-order valence-electron chi connectivity index (χ4n) is 4.08. The van der Waals surface area contributed by atoms with E-state index in [2.05, 4.69) is 15.3 Å². The number of carbonyl (C=O) groups excluding carboxylic acids is 3. The van der Waals surface area contributed by atoms with Crippen molar-refractivity contribution in [2.24, 2.45) is 0 Å². The maximum absolute atomic E-state index is 13.0. The number of nitrogens with one attached hydrogen (secondary N) is 1. The number of amides is 3. The molecule has 6 rings (SSSR count). The first-order valence-corrected chi connectivity index (χ1v) is 12.0. The third-order valence-electron chi connectivity index (χ3n) is 5.90. The molecule has 3 amide bonds. The Morgan fingerprint density at radius 3 is 2.75 bits per heavy atom. The van der Waals surface area contributed by atoms with Crippen LogP contribution in [-0.4, -0.2) is 39.4 Å². The van der Waals surface area contributed by atoms with E-state index in [4.69, 9.17) is 9.47 Å². The smallest absolute Gasteiger partial charge is 0.261 e. The molecule has 0 atom stereocenters. The predicted octanol–water partition coefficient (Wildman–Crippen LogP) is 3.66. The van der Waals surface area contributed by atoms with Crippen molar-refractivity contribution in [1.29, 1.82) is 0 Å². The highest BCUT2D eigenvalue weighted by atomic mass is 32.1. The van der Waals surface area contributed by atoms with Gasteiger partial charge in [-0.15, -0.1) is 11.3 Å². The van der Waals surface area contributed by atoms with Crippen molar-refractivity contribution in [3.63, 3.8) is 0 Å². The lowest BCUT2D eigenvalue weighted by molar-refractivity contribution is 0.0642. The van der Waals surface area contributed by atoms with Gasteiger partial charge in [0.05, 0.1) is 29.9 Å². The van der Waals surface area contributed by atoms with Crippen LogP contribution in [-0.2, 0) is 13.1 Å². The zero-order valence-corrected chi connectivity index (χ0v) is 19.6. The molecule has 0 spiro atoms. The molecule has 0 saturated heterocycles. The van der Waals surface area contributed by atoms with Crippen molar-refractivity contribution in [1.82, 2.24) is 20.2 Å². The van der Waals surface area contributed by atoms with E-state index in [9.17, 15) is 14.4 Å². The maximum Gasteiger partial charge on any atom is 0.261 e. The van der Waals surface area contributed by atoms with E-state index in [1.807, 2.05) is 17.5 Å². The summed E-state index contributed by atoms with van der Waals surface area (Å²) < 4.78 is 10.7. The second kappa shape index (κ2) is 8.90.